The molecule has 0 spiro atoms. The molecule has 1 atom stereocenters. The van der Waals surface area contributed by atoms with Gasteiger partial charge < -0.3 is 4.90 Å². The molecule has 6 nitrogen and oxygen atoms in total. The summed E-state index contributed by atoms with van der Waals surface area (Å²) in [5.74, 6) is -0.297. The molecule has 2 aliphatic rings. The average Bonchev–Trinajstić information content (AvgIpc) is 3.37. The third-order valence-electron chi connectivity index (χ3n) is 6.95. The Kier molecular flexibility index (Phi) is 7.91. The Morgan fingerprint density at radius 3 is 2.57 bits per heavy atom. The van der Waals surface area contributed by atoms with Crippen molar-refractivity contribution < 1.29 is 17.6 Å². The van der Waals surface area contributed by atoms with Gasteiger partial charge in [0.25, 0.3) is 0 Å². The number of benzene rings is 2. The van der Waals surface area contributed by atoms with E-state index in [0.717, 1.165) is 18.5 Å². The van der Waals surface area contributed by atoms with E-state index in [1.165, 1.54) is 32.9 Å². The van der Waals surface area contributed by atoms with Crippen LogP contribution < -0.4 is 0 Å². The Morgan fingerprint density at radius 2 is 1.81 bits per heavy atom. The minimum Gasteiger partial charge on any atom is -0.340 e. The van der Waals surface area contributed by atoms with Crippen LogP contribution in [0.25, 0.3) is 0 Å². The second-order valence-electron chi connectivity index (χ2n) is 9.15. The number of rotatable bonds is 6. The third kappa shape index (κ3) is 5.57. The molecular weight excluding hydrogens is 556 g/mol. The molecule has 1 saturated heterocycles. The Bertz CT molecular complexity index is 1410. The molecule has 1 fully saturated rings. The molecule has 5 rings (SSSR count). The van der Waals surface area contributed by atoms with Crippen LogP contribution in [0.15, 0.2) is 58.8 Å². The van der Waals surface area contributed by atoms with E-state index in [1.807, 2.05) is 6.07 Å². The highest BCUT2D eigenvalue weighted by Crippen LogP contribution is 2.38. The maximum atomic E-state index is 14.0. The van der Waals surface area contributed by atoms with Crippen molar-refractivity contribution in [2.24, 2.45) is 0 Å². The van der Waals surface area contributed by atoms with Crippen LogP contribution >= 0.6 is 34.5 Å². The maximum Gasteiger partial charge on any atom is 0.244 e. The molecule has 0 radical (unpaired) electrons. The van der Waals surface area contributed by atoms with Gasteiger partial charge in [0.2, 0.25) is 15.9 Å². The maximum absolute atomic E-state index is 14.0. The summed E-state index contributed by atoms with van der Waals surface area (Å²) in [4.78, 5) is 18.3. The first-order chi connectivity index (χ1) is 17.7. The Morgan fingerprint density at radius 1 is 1.03 bits per heavy atom. The standard InChI is InChI=1S/C26H26Cl2FN3O3S2/c27-19-4-5-22(28)24(17-19)37(34,35)32-13-11-30(12-14-32)25(33)7-10-31-9-6-23-21(8-15-36-23)26(31)18-2-1-3-20(29)16-18/h1-5,8,15-17,26H,6-7,9-14H2. The molecule has 37 heavy (non-hydrogen) atoms. The molecule has 2 aliphatic heterocycles. The molecule has 3 aromatic rings. The predicted octanol–water partition coefficient (Wildman–Crippen LogP) is 5.06. The van der Waals surface area contributed by atoms with Crippen LogP contribution in [0.1, 0.15) is 28.5 Å². The lowest BCUT2D eigenvalue weighted by Gasteiger charge is -2.37. The molecule has 0 aliphatic carbocycles. The second kappa shape index (κ2) is 11.0. The van der Waals surface area contributed by atoms with Crippen molar-refractivity contribution in [3.05, 3.63) is 85.8 Å². The quantitative estimate of drug-likeness (QED) is 0.408. The van der Waals surface area contributed by atoms with Crippen LogP contribution in [0.5, 0.6) is 0 Å². The van der Waals surface area contributed by atoms with Crippen molar-refractivity contribution in [2.45, 2.75) is 23.8 Å². The van der Waals surface area contributed by atoms with Gasteiger partial charge in [0, 0.05) is 55.6 Å². The van der Waals surface area contributed by atoms with Crippen LogP contribution in [0.2, 0.25) is 10.0 Å². The van der Waals surface area contributed by atoms with Gasteiger partial charge in [-0.3, -0.25) is 9.69 Å². The van der Waals surface area contributed by atoms with Gasteiger partial charge in [-0.15, -0.1) is 11.3 Å². The highest BCUT2D eigenvalue weighted by atomic mass is 35.5. The van der Waals surface area contributed by atoms with Gasteiger partial charge in [-0.05, 0) is 59.3 Å². The van der Waals surface area contributed by atoms with Crippen LogP contribution in [-0.2, 0) is 21.2 Å². The smallest absolute Gasteiger partial charge is 0.244 e. The molecule has 1 amide bonds. The zero-order valence-electron chi connectivity index (χ0n) is 19.9. The Balaban J connectivity index is 1.22. The average molecular weight is 583 g/mol. The number of nitrogens with zero attached hydrogens (tertiary/aromatic N) is 3. The van der Waals surface area contributed by atoms with Crippen molar-refractivity contribution >= 4 is 50.5 Å². The Hall–Kier alpha value is -2.01. The molecule has 0 bridgehead atoms. The first-order valence-electron chi connectivity index (χ1n) is 12.0. The second-order valence-corrected chi connectivity index (χ2v) is 12.9. The minimum atomic E-state index is -3.82. The number of amides is 1. The molecule has 2 aromatic carbocycles. The summed E-state index contributed by atoms with van der Waals surface area (Å²) in [6, 6.07) is 13.0. The first-order valence-corrected chi connectivity index (χ1v) is 15.1. The van der Waals surface area contributed by atoms with Gasteiger partial charge in [0.05, 0.1) is 11.1 Å². The van der Waals surface area contributed by atoms with Gasteiger partial charge >= 0.3 is 0 Å². The summed E-state index contributed by atoms with van der Waals surface area (Å²) in [6.07, 6.45) is 1.20. The minimum absolute atomic E-state index is 0.0213. The van der Waals surface area contributed by atoms with Crippen molar-refractivity contribution in [1.29, 1.82) is 0 Å². The van der Waals surface area contributed by atoms with Crippen molar-refractivity contribution in [3.63, 3.8) is 0 Å². The van der Waals surface area contributed by atoms with E-state index in [-0.39, 0.29) is 40.8 Å². The third-order valence-corrected chi connectivity index (χ3v) is 10.6. The summed E-state index contributed by atoms with van der Waals surface area (Å²) in [5.41, 5.74) is 2.05. The van der Waals surface area contributed by atoms with E-state index >= 15 is 0 Å². The number of halogens is 3. The van der Waals surface area contributed by atoms with Crippen LogP contribution in [0.3, 0.4) is 0 Å². The van der Waals surface area contributed by atoms with E-state index in [4.69, 9.17) is 23.2 Å². The van der Waals surface area contributed by atoms with Crippen molar-refractivity contribution in [1.82, 2.24) is 14.1 Å². The fraction of sp³-hybridized carbons (Fsp3) is 0.346. The molecule has 196 valence electrons. The van der Waals surface area contributed by atoms with Crippen LogP contribution in [0.4, 0.5) is 4.39 Å². The van der Waals surface area contributed by atoms with Crippen LogP contribution in [0, 0.1) is 5.82 Å². The van der Waals surface area contributed by atoms with Gasteiger partial charge in [0.1, 0.15) is 10.7 Å². The SMILES string of the molecule is O=C(CCN1CCc2sccc2C1c1cccc(F)c1)N1CCN(S(=O)(=O)c2cc(Cl)ccc2Cl)CC1. The highest BCUT2D eigenvalue weighted by Gasteiger charge is 2.33. The summed E-state index contributed by atoms with van der Waals surface area (Å²) < 4.78 is 41.6. The van der Waals surface area contributed by atoms with Gasteiger partial charge in [-0.1, -0.05) is 35.3 Å². The molecular formula is C26H26Cl2FN3O3S2. The number of fused-ring (bicyclic) bond motifs is 1. The molecule has 1 aromatic heterocycles. The molecule has 0 N–H and O–H groups in total. The van der Waals surface area contributed by atoms with E-state index in [1.54, 1.807) is 34.4 Å². The first kappa shape index (κ1) is 26.6. The summed E-state index contributed by atoms with van der Waals surface area (Å²) in [5, 5.41) is 2.47. The monoisotopic (exact) mass is 581 g/mol. The zero-order valence-corrected chi connectivity index (χ0v) is 23.1. The number of sulfonamides is 1. The van der Waals surface area contributed by atoms with Gasteiger partial charge in [0.15, 0.2) is 0 Å². The van der Waals surface area contributed by atoms with E-state index < -0.39 is 10.0 Å². The predicted molar refractivity (Wildman–Crippen MR) is 144 cm³/mol. The Labute approximate surface area is 230 Å². The summed E-state index contributed by atoms with van der Waals surface area (Å²) in [7, 11) is -3.82. The highest BCUT2D eigenvalue weighted by molar-refractivity contribution is 7.89. The topological polar surface area (TPSA) is 60.9 Å². The zero-order chi connectivity index (χ0) is 26.2. The van der Waals surface area contributed by atoms with E-state index in [2.05, 4.69) is 16.3 Å². The number of thiophene rings is 1. The number of hydrogen-bond donors (Lipinski definition) is 0. The molecule has 3 heterocycles. The van der Waals surface area contributed by atoms with Gasteiger partial charge in [-0.25, -0.2) is 12.8 Å². The van der Waals surface area contributed by atoms with E-state index in [0.29, 0.717) is 31.1 Å². The van der Waals surface area contributed by atoms with Crippen molar-refractivity contribution in [2.75, 3.05) is 39.3 Å². The number of piperazine rings is 1. The summed E-state index contributed by atoms with van der Waals surface area (Å²) >= 11 is 13.8. The fourth-order valence-corrected chi connectivity index (χ4v) is 8.13. The fourth-order valence-electron chi connectivity index (χ4n) is 5.07. The normalized spacial score (nSPS) is 19.1. The summed E-state index contributed by atoms with van der Waals surface area (Å²) in [6.45, 7) is 2.30. The lowest BCUT2D eigenvalue weighted by atomic mass is 9.93. The largest absolute Gasteiger partial charge is 0.340 e. The van der Waals surface area contributed by atoms with Crippen LogP contribution in [-0.4, -0.2) is 67.7 Å². The molecule has 0 saturated carbocycles. The van der Waals surface area contributed by atoms with E-state index in [9.17, 15) is 17.6 Å². The lowest BCUT2D eigenvalue weighted by molar-refractivity contribution is -0.132. The van der Waals surface area contributed by atoms with Crippen molar-refractivity contribution in [3.8, 4) is 0 Å². The number of carbonyl (C=O) groups is 1. The molecule has 11 heteroatoms. The number of hydrogen-bond acceptors (Lipinski definition) is 5. The van der Waals surface area contributed by atoms with Gasteiger partial charge in [-0.2, -0.15) is 4.31 Å². The lowest BCUT2D eigenvalue weighted by Crippen LogP contribution is -2.51. The number of carbonyl (C=O) groups excluding carboxylic acids is 1. The molecule has 1 unspecified atom stereocenters.